The van der Waals surface area contributed by atoms with E-state index in [1.165, 1.54) is 32.5 Å². The van der Waals surface area contributed by atoms with Gasteiger partial charge in [-0.3, -0.25) is 4.79 Å². The van der Waals surface area contributed by atoms with Crippen LogP contribution in [-0.4, -0.2) is 153 Å². The Morgan fingerprint density at radius 1 is 1.10 bits per heavy atom. The predicted octanol–water partition coefficient (Wildman–Crippen LogP) is 3.03. The zero-order chi connectivity index (χ0) is 44.5. The normalized spacial score (nSPS) is 37.9. The van der Waals surface area contributed by atoms with E-state index in [-0.39, 0.29) is 37.4 Å². The number of nitrogens with two attached hydrogens (primary N) is 1. The molecule has 0 aromatic carbocycles. The SMILES string of the molecule is CC[C@H]1OC(=O)[C@@](C)(F)C(=O)C(C)[C@@H](O[C@@H]2O[C@H](C)C[C@H](N(C)C)C2O)[C@](C)(OC)C[C@@H](C)/C(=N\OC)[C@H](C)[C@@H]2N(NCCCn3cnc4c(N)ncnc43)C(=O)O[C@@]21C. The number of oxime groups is 1. The molecule has 0 saturated carbocycles. The van der Waals surface area contributed by atoms with E-state index < -0.39 is 83.1 Å². The lowest BCUT2D eigenvalue weighted by Crippen LogP contribution is -2.62. The van der Waals surface area contributed by atoms with Crippen molar-refractivity contribution in [1.29, 1.82) is 0 Å². The number of hydrazine groups is 1. The summed E-state index contributed by atoms with van der Waals surface area (Å²) in [6.45, 7) is 13.7. The Morgan fingerprint density at radius 2 is 1.80 bits per heavy atom. The van der Waals surface area contributed by atoms with Crippen molar-refractivity contribution in [2.45, 2.75) is 147 Å². The molecular formula is C40H64FN9O10. The lowest BCUT2D eigenvalue weighted by atomic mass is 9.73. The molecule has 2 aromatic heterocycles. The molecule has 3 fully saturated rings. The number of Topliss-reactive ketones (excluding diaryl/α,β-unsaturated/α-hetero) is 1. The van der Waals surface area contributed by atoms with Gasteiger partial charge in [-0.2, -0.15) is 0 Å². The number of hydrogen-bond acceptors (Lipinski definition) is 17. The molecule has 20 heteroatoms. The fourth-order valence-corrected chi connectivity index (χ4v) is 9.34. The minimum absolute atomic E-state index is 0.0903. The first-order chi connectivity index (χ1) is 28.2. The molecule has 3 saturated heterocycles. The number of methoxy groups -OCH3 is 1. The van der Waals surface area contributed by atoms with Crippen molar-refractivity contribution < 1.29 is 52.4 Å². The second-order valence-electron chi connectivity index (χ2n) is 17.2. The van der Waals surface area contributed by atoms with Gasteiger partial charge < -0.3 is 48.8 Å². The monoisotopic (exact) mass is 849 g/mol. The van der Waals surface area contributed by atoms with Crippen molar-refractivity contribution in [3.63, 3.8) is 0 Å². The van der Waals surface area contributed by atoms with Crippen LogP contribution in [-0.2, 0) is 44.7 Å². The number of likely N-dealkylation sites (N-methyl/N-ethyl adjacent to an activating group) is 1. The molecule has 0 bridgehead atoms. The van der Waals surface area contributed by atoms with Gasteiger partial charge in [0.15, 0.2) is 29.1 Å². The highest BCUT2D eigenvalue weighted by Gasteiger charge is 2.62. The summed E-state index contributed by atoms with van der Waals surface area (Å²) in [5.74, 6) is -4.82. The Hall–Kier alpha value is -4.08. The Bertz CT molecular complexity index is 1880. The second kappa shape index (κ2) is 18.5. The number of aliphatic hydroxyl groups is 1. The van der Waals surface area contributed by atoms with Crippen molar-refractivity contribution in [3.8, 4) is 0 Å². The minimum Gasteiger partial charge on any atom is -0.455 e. The highest BCUT2D eigenvalue weighted by Crippen LogP contribution is 2.43. The molecule has 5 rings (SSSR count). The number of aryl methyl sites for hydroxylation is 1. The molecule has 19 nitrogen and oxygen atoms in total. The van der Waals surface area contributed by atoms with E-state index in [1.807, 2.05) is 44.3 Å². The number of halogens is 1. The fourth-order valence-electron chi connectivity index (χ4n) is 9.34. The molecule has 60 heavy (non-hydrogen) atoms. The van der Waals surface area contributed by atoms with Crippen molar-refractivity contribution in [2.24, 2.45) is 22.9 Å². The first-order valence-corrected chi connectivity index (χ1v) is 20.6. The molecular weight excluding hydrogens is 785 g/mol. The molecule has 0 radical (unpaired) electrons. The highest BCUT2D eigenvalue weighted by molar-refractivity contribution is 6.08. The predicted molar refractivity (Wildman–Crippen MR) is 217 cm³/mol. The summed E-state index contributed by atoms with van der Waals surface area (Å²) in [5, 5.41) is 17.4. The number of fused-ring (bicyclic) bond motifs is 2. The van der Waals surface area contributed by atoms with Crippen LogP contribution in [0, 0.1) is 17.8 Å². The zero-order valence-corrected chi connectivity index (χ0v) is 36.9. The van der Waals surface area contributed by atoms with Crippen LogP contribution in [0.5, 0.6) is 0 Å². The quantitative estimate of drug-likeness (QED) is 0.128. The third-order valence-corrected chi connectivity index (χ3v) is 12.6. The van der Waals surface area contributed by atoms with Crippen LogP contribution in [0.2, 0.25) is 0 Å². The van der Waals surface area contributed by atoms with Crippen LogP contribution >= 0.6 is 0 Å². The van der Waals surface area contributed by atoms with Crippen molar-refractivity contribution >= 4 is 40.5 Å². The van der Waals surface area contributed by atoms with Crippen LogP contribution in [0.25, 0.3) is 11.2 Å². The van der Waals surface area contributed by atoms with Gasteiger partial charge in [0.05, 0.1) is 29.8 Å². The number of esters is 1. The molecule has 3 aliphatic rings. The molecule has 4 N–H and O–H groups in total. The standard InChI is InChI=1S/C40H64FN9O10/c1-13-26-40(8)30(50(37(54)60-40)46-15-14-16-49-20-45-28-33(42)43-19-44-34(28)49)23(4)27(47-56-12)21(2)18-38(6,55-11)32(24(5)31(52)39(7,41)36(53)58-26)59-35-29(51)25(48(9)10)17-22(3)57-35/h19-26,29-30,32,35,46,51H,13-18H2,1-12H3,(H2,42,43,44)/b47-27+/t21-,22-,23+,24?,25+,26-,29?,30+,32-,35+,38-,39+,40-/m1/s1. The molecule has 336 valence electrons. The van der Waals surface area contributed by atoms with Gasteiger partial charge in [0.25, 0.3) is 5.67 Å². The zero-order valence-electron chi connectivity index (χ0n) is 36.9. The Labute approximate surface area is 350 Å². The summed E-state index contributed by atoms with van der Waals surface area (Å²) in [4.78, 5) is 62.2. The molecule has 0 spiro atoms. The van der Waals surface area contributed by atoms with Gasteiger partial charge in [-0.15, -0.1) is 0 Å². The Morgan fingerprint density at radius 3 is 2.43 bits per heavy atom. The van der Waals surface area contributed by atoms with Gasteiger partial charge in [0.1, 0.15) is 37.2 Å². The first-order valence-electron chi connectivity index (χ1n) is 20.6. The first kappa shape index (κ1) is 47.0. The van der Waals surface area contributed by atoms with Gasteiger partial charge >= 0.3 is 12.1 Å². The second-order valence-corrected chi connectivity index (χ2v) is 17.2. The molecule has 0 aliphatic carbocycles. The number of nitrogen functional groups attached to an aromatic ring is 1. The molecule has 3 aliphatic heterocycles. The maximum Gasteiger partial charge on any atom is 0.425 e. The molecule has 13 atom stereocenters. The third-order valence-electron chi connectivity index (χ3n) is 12.6. The number of hydrogen-bond donors (Lipinski definition) is 3. The maximum absolute atomic E-state index is 17.0. The number of carbonyl (C=O) groups is 3. The number of aliphatic hydroxyl groups excluding tert-OH is 1. The van der Waals surface area contributed by atoms with Crippen molar-refractivity contribution in [1.82, 2.24) is 34.9 Å². The van der Waals surface area contributed by atoms with Gasteiger partial charge in [0.2, 0.25) is 0 Å². The summed E-state index contributed by atoms with van der Waals surface area (Å²) >= 11 is 0. The third kappa shape index (κ3) is 8.95. The molecule has 1 amide bonds. The number of amides is 1. The number of nitrogens with zero attached hydrogens (tertiary/aromatic N) is 7. The van der Waals surface area contributed by atoms with Gasteiger partial charge in [-0.1, -0.05) is 32.9 Å². The number of carbonyl (C=O) groups excluding carboxylic acids is 3. The van der Waals surface area contributed by atoms with Crippen LogP contribution in [0.3, 0.4) is 0 Å². The summed E-state index contributed by atoms with van der Waals surface area (Å²) in [7, 11) is 6.52. The summed E-state index contributed by atoms with van der Waals surface area (Å²) in [6.07, 6.45) is -1.77. The number of anilines is 1. The van der Waals surface area contributed by atoms with Crippen LogP contribution in [0.15, 0.2) is 17.8 Å². The van der Waals surface area contributed by atoms with E-state index in [2.05, 4.69) is 25.5 Å². The van der Waals surface area contributed by atoms with Gasteiger partial charge in [-0.25, -0.2) is 39.4 Å². The number of aromatic nitrogens is 4. The Kier molecular flexibility index (Phi) is 14.5. The number of imidazole rings is 1. The van der Waals surface area contributed by atoms with E-state index in [4.69, 9.17) is 34.3 Å². The van der Waals surface area contributed by atoms with Gasteiger partial charge in [0, 0.05) is 44.0 Å². The fraction of sp³-hybridized carbons (Fsp3) is 0.775. The van der Waals surface area contributed by atoms with Crippen molar-refractivity contribution in [2.75, 3.05) is 40.6 Å². The smallest absolute Gasteiger partial charge is 0.425 e. The molecule has 5 heterocycles. The van der Waals surface area contributed by atoms with Crippen molar-refractivity contribution in [3.05, 3.63) is 12.7 Å². The van der Waals surface area contributed by atoms with Crippen LogP contribution in [0.1, 0.15) is 81.1 Å². The number of alkyl halides is 1. The summed E-state index contributed by atoms with van der Waals surface area (Å²) < 4.78 is 49.7. The topological polar surface area (TPSA) is 227 Å². The van der Waals surface area contributed by atoms with E-state index in [9.17, 15) is 19.5 Å². The number of cyclic esters (lactones) is 1. The highest BCUT2D eigenvalue weighted by atomic mass is 19.1. The summed E-state index contributed by atoms with van der Waals surface area (Å²) in [6, 6.07) is -1.27. The average molecular weight is 850 g/mol. The summed E-state index contributed by atoms with van der Waals surface area (Å²) in [5.41, 5.74) is 4.56. The number of rotatable bonds is 11. The maximum atomic E-state index is 17.0. The lowest BCUT2D eigenvalue weighted by Gasteiger charge is -2.47. The van der Waals surface area contributed by atoms with Gasteiger partial charge in [-0.05, 0) is 67.5 Å². The molecule has 2 unspecified atom stereocenters. The van der Waals surface area contributed by atoms with E-state index >= 15 is 4.39 Å². The van der Waals surface area contributed by atoms with Crippen LogP contribution < -0.4 is 11.2 Å². The number of ether oxygens (including phenoxy) is 5. The number of nitrogens with one attached hydrogen (secondary N) is 1. The van der Waals surface area contributed by atoms with E-state index in [1.54, 1.807) is 27.1 Å². The lowest BCUT2D eigenvalue weighted by molar-refractivity contribution is -0.295. The van der Waals surface area contributed by atoms with Crippen LogP contribution in [0.4, 0.5) is 15.0 Å². The largest absolute Gasteiger partial charge is 0.455 e. The minimum atomic E-state index is -3.18. The Balaban J connectivity index is 1.54. The van der Waals surface area contributed by atoms with E-state index in [0.29, 0.717) is 36.3 Å². The molecule has 2 aromatic rings. The average Bonchev–Trinajstić information content (AvgIpc) is 3.73. The van der Waals surface area contributed by atoms with E-state index in [0.717, 1.165) is 6.92 Å². The number of ketones is 1.